The van der Waals surface area contributed by atoms with Crippen molar-refractivity contribution in [2.24, 2.45) is 0 Å². The molecule has 5 nitrogen and oxygen atoms in total. The molecule has 0 saturated heterocycles. The monoisotopic (exact) mass is 238 g/mol. The van der Waals surface area contributed by atoms with Gasteiger partial charge >= 0.3 is 0 Å². The van der Waals surface area contributed by atoms with Gasteiger partial charge in [-0.1, -0.05) is 0 Å². The number of nitrogens with zero attached hydrogens (tertiary/aromatic N) is 2. The molecule has 0 fully saturated rings. The van der Waals surface area contributed by atoms with Crippen LogP contribution in [0.25, 0.3) is 0 Å². The highest BCUT2D eigenvalue weighted by atomic mass is 16.2. The van der Waals surface area contributed by atoms with Crippen molar-refractivity contribution in [3.63, 3.8) is 0 Å². The van der Waals surface area contributed by atoms with Crippen LogP contribution in [0, 0.1) is 0 Å². The lowest BCUT2D eigenvalue weighted by Gasteiger charge is -2.15. The largest absolute Gasteiger partial charge is 0.355 e. The van der Waals surface area contributed by atoms with Crippen LogP contribution in [0.1, 0.15) is 39.4 Å². The zero-order valence-electron chi connectivity index (χ0n) is 11.0. The van der Waals surface area contributed by atoms with Crippen LogP contribution in [0.5, 0.6) is 0 Å². The maximum absolute atomic E-state index is 11.5. The predicted octanol–water partition coefficient (Wildman–Crippen LogP) is 1.08. The van der Waals surface area contributed by atoms with Crippen LogP contribution in [0.2, 0.25) is 0 Å². The number of hydrogen-bond donors (Lipinski definition) is 2. The van der Waals surface area contributed by atoms with Gasteiger partial charge in [0.1, 0.15) is 0 Å². The van der Waals surface area contributed by atoms with E-state index in [1.165, 1.54) is 0 Å². The molecule has 1 atom stereocenters. The molecule has 96 valence electrons. The van der Waals surface area contributed by atoms with Crippen LogP contribution in [0.3, 0.4) is 0 Å². The smallest absolute Gasteiger partial charge is 0.236 e. The molecule has 1 heterocycles. The standard InChI is InChI=1S/C12H22N4O/c1-5-14-12(17)10(4)15-7-11-6-13-8-16(11)9(2)3/h6,8-10,15H,5,7H2,1-4H3,(H,14,17). The first-order valence-electron chi connectivity index (χ1n) is 6.08. The van der Waals surface area contributed by atoms with E-state index >= 15 is 0 Å². The summed E-state index contributed by atoms with van der Waals surface area (Å²) < 4.78 is 2.09. The van der Waals surface area contributed by atoms with E-state index in [-0.39, 0.29) is 11.9 Å². The average molecular weight is 238 g/mol. The minimum atomic E-state index is -0.189. The van der Waals surface area contributed by atoms with E-state index in [0.29, 0.717) is 19.1 Å². The summed E-state index contributed by atoms with van der Waals surface area (Å²) in [6, 6.07) is 0.194. The number of imidazole rings is 1. The highest BCUT2D eigenvalue weighted by Crippen LogP contribution is 2.08. The number of carbonyl (C=O) groups is 1. The molecule has 0 aliphatic rings. The van der Waals surface area contributed by atoms with E-state index < -0.39 is 0 Å². The van der Waals surface area contributed by atoms with E-state index in [1.54, 1.807) is 0 Å². The molecule has 1 unspecified atom stereocenters. The fraction of sp³-hybridized carbons (Fsp3) is 0.667. The van der Waals surface area contributed by atoms with Crippen molar-refractivity contribution in [1.82, 2.24) is 20.2 Å². The van der Waals surface area contributed by atoms with Crippen molar-refractivity contribution < 1.29 is 4.79 Å². The van der Waals surface area contributed by atoms with Crippen LogP contribution < -0.4 is 10.6 Å². The fourth-order valence-electron chi connectivity index (χ4n) is 1.61. The van der Waals surface area contributed by atoms with Gasteiger partial charge in [0.25, 0.3) is 0 Å². The Morgan fingerprint density at radius 3 is 2.76 bits per heavy atom. The normalized spacial score (nSPS) is 12.8. The molecule has 1 amide bonds. The predicted molar refractivity (Wildman–Crippen MR) is 67.6 cm³/mol. The molecule has 1 aromatic heterocycles. The molecule has 1 aromatic rings. The topological polar surface area (TPSA) is 59.0 Å². The highest BCUT2D eigenvalue weighted by Gasteiger charge is 2.12. The molecule has 0 spiro atoms. The SMILES string of the molecule is CCNC(=O)C(C)NCc1cncn1C(C)C. The number of carbonyl (C=O) groups excluding carboxylic acids is 1. The Balaban J connectivity index is 2.50. The first kappa shape index (κ1) is 13.7. The Bertz CT molecular complexity index is 359. The van der Waals surface area contributed by atoms with Crippen LogP contribution in [0.15, 0.2) is 12.5 Å². The zero-order valence-corrected chi connectivity index (χ0v) is 11.0. The Hall–Kier alpha value is -1.36. The van der Waals surface area contributed by atoms with Crippen LogP contribution in [0.4, 0.5) is 0 Å². The second kappa shape index (κ2) is 6.39. The molecular formula is C12H22N4O. The fourth-order valence-corrected chi connectivity index (χ4v) is 1.61. The van der Waals surface area contributed by atoms with Crippen molar-refractivity contribution in [2.75, 3.05) is 6.54 Å². The summed E-state index contributed by atoms with van der Waals surface area (Å²) in [5.41, 5.74) is 1.09. The van der Waals surface area contributed by atoms with Gasteiger partial charge in [0.15, 0.2) is 0 Å². The van der Waals surface area contributed by atoms with Gasteiger partial charge in [-0.25, -0.2) is 4.98 Å². The molecular weight excluding hydrogens is 216 g/mol. The lowest BCUT2D eigenvalue weighted by Crippen LogP contribution is -2.41. The number of rotatable bonds is 6. The molecule has 0 radical (unpaired) electrons. The molecule has 0 aliphatic heterocycles. The van der Waals surface area contributed by atoms with E-state index in [2.05, 4.69) is 34.0 Å². The van der Waals surface area contributed by atoms with Gasteiger partial charge in [0, 0.05) is 25.3 Å². The molecule has 0 aliphatic carbocycles. The summed E-state index contributed by atoms with van der Waals surface area (Å²) in [6.07, 6.45) is 3.65. The van der Waals surface area contributed by atoms with E-state index in [4.69, 9.17) is 0 Å². The Kier molecular flexibility index (Phi) is 5.15. The summed E-state index contributed by atoms with van der Waals surface area (Å²) in [7, 11) is 0. The number of likely N-dealkylation sites (N-methyl/N-ethyl adjacent to an activating group) is 1. The lowest BCUT2D eigenvalue weighted by molar-refractivity contribution is -0.122. The number of hydrogen-bond acceptors (Lipinski definition) is 3. The quantitative estimate of drug-likeness (QED) is 0.779. The van der Waals surface area contributed by atoms with Crippen molar-refractivity contribution in [3.05, 3.63) is 18.2 Å². The molecule has 0 aromatic carbocycles. The van der Waals surface area contributed by atoms with Crippen molar-refractivity contribution in [3.8, 4) is 0 Å². The lowest BCUT2D eigenvalue weighted by atomic mass is 10.3. The van der Waals surface area contributed by atoms with E-state index in [1.807, 2.05) is 26.4 Å². The molecule has 0 saturated carbocycles. The number of amides is 1. The second-order valence-electron chi connectivity index (χ2n) is 4.38. The highest BCUT2D eigenvalue weighted by molar-refractivity contribution is 5.81. The van der Waals surface area contributed by atoms with E-state index in [0.717, 1.165) is 5.69 Å². The Morgan fingerprint density at radius 1 is 1.47 bits per heavy atom. The zero-order chi connectivity index (χ0) is 12.8. The maximum Gasteiger partial charge on any atom is 0.236 e. The van der Waals surface area contributed by atoms with Crippen LogP contribution >= 0.6 is 0 Å². The third kappa shape index (κ3) is 3.85. The van der Waals surface area contributed by atoms with Crippen molar-refractivity contribution >= 4 is 5.91 Å². The van der Waals surface area contributed by atoms with Crippen LogP contribution in [-0.2, 0) is 11.3 Å². The maximum atomic E-state index is 11.5. The van der Waals surface area contributed by atoms with Gasteiger partial charge in [-0.2, -0.15) is 0 Å². The van der Waals surface area contributed by atoms with Gasteiger partial charge in [-0.05, 0) is 27.7 Å². The van der Waals surface area contributed by atoms with Gasteiger partial charge < -0.3 is 15.2 Å². The molecule has 0 bridgehead atoms. The van der Waals surface area contributed by atoms with Gasteiger partial charge in [-0.15, -0.1) is 0 Å². The molecule has 17 heavy (non-hydrogen) atoms. The number of nitrogens with one attached hydrogen (secondary N) is 2. The van der Waals surface area contributed by atoms with Gasteiger partial charge in [-0.3, -0.25) is 4.79 Å². The second-order valence-corrected chi connectivity index (χ2v) is 4.38. The Labute approximate surface area is 103 Å². The summed E-state index contributed by atoms with van der Waals surface area (Å²) in [6.45, 7) is 9.31. The first-order chi connectivity index (χ1) is 8.06. The van der Waals surface area contributed by atoms with Crippen molar-refractivity contribution in [2.45, 2.75) is 46.3 Å². The molecule has 1 rings (SSSR count). The summed E-state index contributed by atoms with van der Waals surface area (Å²) in [4.78, 5) is 15.7. The average Bonchev–Trinajstić information content (AvgIpc) is 2.74. The minimum Gasteiger partial charge on any atom is -0.355 e. The van der Waals surface area contributed by atoms with Crippen molar-refractivity contribution in [1.29, 1.82) is 0 Å². The van der Waals surface area contributed by atoms with E-state index in [9.17, 15) is 4.79 Å². The van der Waals surface area contributed by atoms with Gasteiger partial charge in [0.05, 0.1) is 18.1 Å². The summed E-state index contributed by atoms with van der Waals surface area (Å²) >= 11 is 0. The summed E-state index contributed by atoms with van der Waals surface area (Å²) in [5, 5.41) is 5.98. The molecule has 5 heteroatoms. The van der Waals surface area contributed by atoms with Gasteiger partial charge in [0.2, 0.25) is 5.91 Å². The minimum absolute atomic E-state index is 0.0307. The summed E-state index contributed by atoms with van der Waals surface area (Å²) in [5.74, 6) is 0.0307. The molecule has 2 N–H and O–H groups in total. The Morgan fingerprint density at radius 2 is 2.18 bits per heavy atom. The third-order valence-electron chi connectivity index (χ3n) is 2.64. The third-order valence-corrected chi connectivity index (χ3v) is 2.64. The van der Waals surface area contributed by atoms with Crippen LogP contribution in [-0.4, -0.2) is 28.0 Å². The number of aromatic nitrogens is 2. The first-order valence-corrected chi connectivity index (χ1v) is 6.08.